The van der Waals surface area contributed by atoms with E-state index in [0.717, 1.165) is 35.8 Å². The molecule has 2 heterocycles. The molecule has 0 radical (unpaired) electrons. The zero-order valence-electron chi connectivity index (χ0n) is 18.6. The molecule has 1 aliphatic carbocycles. The number of esters is 1. The van der Waals surface area contributed by atoms with Crippen molar-refractivity contribution in [3.8, 4) is 5.75 Å². The summed E-state index contributed by atoms with van der Waals surface area (Å²) in [6.45, 7) is 0.659. The van der Waals surface area contributed by atoms with Gasteiger partial charge in [0.15, 0.2) is 0 Å². The van der Waals surface area contributed by atoms with Gasteiger partial charge >= 0.3 is 5.97 Å². The summed E-state index contributed by atoms with van der Waals surface area (Å²) < 4.78 is 11.0. The predicted molar refractivity (Wildman–Crippen MR) is 125 cm³/mol. The average Bonchev–Trinajstić information content (AvgIpc) is 3.62. The van der Waals surface area contributed by atoms with Gasteiger partial charge in [-0.3, -0.25) is 4.98 Å². The van der Waals surface area contributed by atoms with Crippen LogP contribution in [0.1, 0.15) is 58.1 Å². The monoisotopic (exact) mass is 428 g/mol. The van der Waals surface area contributed by atoms with Gasteiger partial charge in [0.05, 0.1) is 19.3 Å². The number of rotatable bonds is 7. The van der Waals surface area contributed by atoms with Crippen molar-refractivity contribution < 1.29 is 14.3 Å². The van der Waals surface area contributed by atoms with Crippen molar-refractivity contribution in [1.82, 2.24) is 4.98 Å². The Kier molecular flexibility index (Phi) is 5.56. The van der Waals surface area contributed by atoms with E-state index in [4.69, 9.17) is 9.47 Å². The van der Waals surface area contributed by atoms with Crippen LogP contribution < -0.4 is 9.64 Å². The Labute approximate surface area is 189 Å². The van der Waals surface area contributed by atoms with E-state index < -0.39 is 0 Å². The number of carbonyl (C=O) groups is 1. The van der Waals surface area contributed by atoms with Crippen LogP contribution in [-0.4, -0.2) is 31.7 Å². The maximum absolute atomic E-state index is 12.0. The molecular formula is C27H28N2O3. The molecule has 0 N–H and O–H groups in total. The molecule has 2 aliphatic rings. The fourth-order valence-electron chi connectivity index (χ4n) is 4.51. The summed E-state index contributed by atoms with van der Waals surface area (Å²) in [7, 11) is 3.50. The second-order valence-corrected chi connectivity index (χ2v) is 8.72. The number of anilines is 2. The molecule has 1 fully saturated rings. The maximum Gasteiger partial charge on any atom is 0.338 e. The molecule has 164 valence electrons. The van der Waals surface area contributed by atoms with Gasteiger partial charge in [0.2, 0.25) is 0 Å². The van der Waals surface area contributed by atoms with Crippen LogP contribution >= 0.6 is 0 Å². The van der Waals surface area contributed by atoms with E-state index in [9.17, 15) is 4.79 Å². The summed E-state index contributed by atoms with van der Waals surface area (Å²) in [5, 5.41) is 0. The maximum atomic E-state index is 12.0. The Balaban J connectivity index is 1.28. The molecule has 32 heavy (non-hydrogen) atoms. The molecule has 0 bridgehead atoms. The van der Waals surface area contributed by atoms with Gasteiger partial charge in [-0.2, -0.15) is 0 Å². The zero-order chi connectivity index (χ0) is 22.1. The second-order valence-electron chi connectivity index (χ2n) is 8.72. The van der Waals surface area contributed by atoms with E-state index in [2.05, 4.69) is 59.4 Å². The molecule has 0 amide bonds. The highest BCUT2D eigenvalue weighted by Crippen LogP contribution is 2.42. The topological polar surface area (TPSA) is 51.7 Å². The number of hydrogen-bond acceptors (Lipinski definition) is 5. The molecular weight excluding hydrogens is 400 g/mol. The number of pyridine rings is 1. The molecule has 1 aliphatic heterocycles. The van der Waals surface area contributed by atoms with Gasteiger partial charge < -0.3 is 14.4 Å². The summed E-state index contributed by atoms with van der Waals surface area (Å²) in [4.78, 5) is 18.4. The highest BCUT2D eigenvalue weighted by molar-refractivity contribution is 5.90. The molecule has 3 aromatic rings. The molecule has 2 aromatic carbocycles. The highest BCUT2D eigenvalue weighted by Gasteiger charge is 2.26. The third-order valence-corrected chi connectivity index (χ3v) is 6.66. The Morgan fingerprint density at radius 2 is 1.91 bits per heavy atom. The largest absolute Gasteiger partial charge is 0.493 e. The minimum absolute atomic E-state index is 0.299. The first kappa shape index (κ1) is 20.6. The third-order valence-electron chi connectivity index (χ3n) is 6.66. The summed E-state index contributed by atoms with van der Waals surface area (Å²) in [5.74, 6) is 1.71. The van der Waals surface area contributed by atoms with Crippen LogP contribution in [0.4, 0.5) is 11.4 Å². The predicted octanol–water partition coefficient (Wildman–Crippen LogP) is 5.62. The van der Waals surface area contributed by atoms with E-state index >= 15 is 0 Å². The van der Waals surface area contributed by atoms with Crippen LogP contribution in [0, 0.1) is 0 Å². The fourth-order valence-corrected chi connectivity index (χ4v) is 4.51. The van der Waals surface area contributed by atoms with Crippen molar-refractivity contribution in [3.63, 3.8) is 0 Å². The Hall–Kier alpha value is -3.34. The number of methoxy groups -OCH3 is 1. The van der Waals surface area contributed by atoms with Crippen molar-refractivity contribution >= 4 is 17.3 Å². The lowest BCUT2D eigenvalue weighted by molar-refractivity contribution is 0.0599. The molecule has 0 unspecified atom stereocenters. The van der Waals surface area contributed by atoms with E-state index in [0.29, 0.717) is 18.1 Å². The standard InChI is InChI=1S/C27H28N2O3/c1-29(22-9-7-19(8-10-22)18-3-4-18)23-11-12-24-21(17-32-26(24)15-23)6-5-20-16-28-14-13-25(20)27(30)31-2/h7-16,18,21H,3-6,17H2,1-2H3/t21-/m1/s1. The molecule has 5 nitrogen and oxygen atoms in total. The van der Waals surface area contributed by atoms with Gasteiger partial charge in [-0.25, -0.2) is 4.79 Å². The molecule has 5 rings (SSSR count). The first-order chi connectivity index (χ1) is 15.6. The smallest absolute Gasteiger partial charge is 0.338 e. The Bertz CT molecular complexity index is 1120. The lowest BCUT2D eigenvalue weighted by Gasteiger charge is -2.20. The summed E-state index contributed by atoms with van der Waals surface area (Å²) in [6, 6.07) is 17.1. The molecule has 1 saturated carbocycles. The quantitative estimate of drug-likeness (QED) is 0.457. The number of aryl methyl sites for hydroxylation is 1. The van der Waals surface area contributed by atoms with Crippen molar-refractivity contribution in [2.45, 2.75) is 37.5 Å². The lowest BCUT2D eigenvalue weighted by atomic mass is 9.93. The third kappa shape index (κ3) is 4.07. The van der Waals surface area contributed by atoms with E-state index in [-0.39, 0.29) is 5.97 Å². The number of nitrogens with zero attached hydrogens (tertiary/aromatic N) is 2. The van der Waals surface area contributed by atoms with Crippen LogP contribution in [0.3, 0.4) is 0 Å². The van der Waals surface area contributed by atoms with Crippen molar-refractivity contribution in [2.75, 3.05) is 25.7 Å². The van der Waals surface area contributed by atoms with Crippen LogP contribution in [0.5, 0.6) is 5.75 Å². The number of fused-ring (bicyclic) bond motifs is 1. The van der Waals surface area contributed by atoms with Gasteiger partial charge in [0.1, 0.15) is 5.75 Å². The van der Waals surface area contributed by atoms with Gasteiger partial charge in [0.25, 0.3) is 0 Å². The van der Waals surface area contributed by atoms with Crippen LogP contribution in [0.25, 0.3) is 0 Å². The van der Waals surface area contributed by atoms with Crippen LogP contribution in [0.2, 0.25) is 0 Å². The first-order valence-electron chi connectivity index (χ1n) is 11.3. The second kappa shape index (κ2) is 8.65. The lowest BCUT2D eigenvalue weighted by Crippen LogP contribution is -2.09. The van der Waals surface area contributed by atoms with E-state index in [1.54, 1.807) is 18.5 Å². The van der Waals surface area contributed by atoms with Crippen molar-refractivity contribution in [1.29, 1.82) is 0 Å². The summed E-state index contributed by atoms with van der Waals surface area (Å²) >= 11 is 0. The molecule has 0 saturated heterocycles. The molecule has 5 heteroatoms. The van der Waals surface area contributed by atoms with Gasteiger partial charge in [-0.1, -0.05) is 18.2 Å². The Morgan fingerprint density at radius 1 is 1.12 bits per heavy atom. The highest BCUT2D eigenvalue weighted by atomic mass is 16.5. The number of aromatic nitrogens is 1. The summed E-state index contributed by atoms with van der Waals surface area (Å²) in [5.41, 5.74) is 6.48. The molecule has 1 atom stereocenters. The van der Waals surface area contributed by atoms with Crippen LogP contribution in [0.15, 0.2) is 60.9 Å². The van der Waals surface area contributed by atoms with Crippen molar-refractivity contribution in [3.05, 3.63) is 83.2 Å². The van der Waals surface area contributed by atoms with E-state index in [1.165, 1.54) is 36.8 Å². The summed E-state index contributed by atoms with van der Waals surface area (Å²) in [6.07, 6.45) is 7.67. The average molecular weight is 429 g/mol. The normalized spacial score (nSPS) is 16.9. The van der Waals surface area contributed by atoms with E-state index in [1.807, 2.05) is 0 Å². The minimum Gasteiger partial charge on any atom is -0.493 e. The van der Waals surface area contributed by atoms with Gasteiger partial charge in [-0.15, -0.1) is 0 Å². The number of ether oxygens (including phenoxy) is 2. The number of benzene rings is 2. The van der Waals surface area contributed by atoms with Gasteiger partial charge in [0, 0.05) is 48.4 Å². The SMILES string of the molecule is COC(=O)c1ccncc1CC[C@@H]1COc2cc(N(C)c3ccc(C4CC4)cc3)ccc21. The fraction of sp³-hybridized carbons (Fsp3) is 0.333. The number of hydrogen-bond donors (Lipinski definition) is 0. The Morgan fingerprint density at radius 3 is 2.66 bits per heavy atom. The first-order valence-corrected chi connectivity index (χ1v) is 11.3. The number of carbonyl (C=O) groups excluding carboxylic acids is 1. The molecule has 1 aromatic heterocycles. The van der Waals surface area contributed by atoms with Crippen LogP contribution in [-0.2, 0) is 11.2 Å². The minimum atomic E-state index is -0.316. The molecule has 0 spiro atoms. The van der Waals surface area contributed by atoms with Crippen molar-refractivity contribution in [2.24, 2.45) is 0 Å². The van der Waals surface area contributed by atoms with Gasteiger partial charge in [-0.05, 0) is 67.0 Å². The zero-order valence-corrected chi connectivity index (χ0v) is 18.6.